The van der Waals surface area contributed by atoms with Crippen molar-refractivity contribution in [3.05, 3.63) is 0 Å². The highest BCUT2D eigenvalue weighted by atomic mass is 16.5. The maximum absolute atomic E-state index is 12.0. The van der Waals surface area contributed by atoms with Crippen molar-refractivity contribution in [2.24, 2.45) is 17.8 Å². The van der Waals surface area contributed by atoms with E-state index in [9.17, 15) is 9.59 Å². The van der Waals surface area contributed by atoms with Gasteiger partial charge in [-0.15, -0.1) is 0 Å². The second-order valence-corrected chi connectivity index (χ2v) is 7.59. The van der Waals surface area contributed by atoms with Gasteiger partial charge in [0.2, 0.25) is 11.8 Å². The summed E-state index contributed by atoms with van der Waals surface area (Å²) in [4.78, 5) is 23.8. The van der Waals surface area contributed by atoms with E-state index < -0.39 is 0 Å². The zero-order chi connectivity index (χ0) is 16.8. The van der Waals surface area contributed by atoms with E-state index in [0.717, 1.165) is 19.3 Å². The van der Waals surface area contributed by atoms with E-state index in [-0.39, 0.29) is 31.1 Å². The monoisotopic (exact) mass is 338 g/mol. The van der Waals surface area contributed by atoms with Gasteiger partial charge in [-0.2, -0.15) is 0 Å². The van der Waals surface area contributed by atoms with Gasteiger partial charge in [-0.3, -0.25) is 9.59 Å². The normalized spacial score (nSPS) is 26.3. The van der Waals surface area contributed by atoms with Crippen LogP contribution in [0.2, 0.25) is 0 Å². The molecule has 3 aliphatic carbocycles. The van der Waals surface area contributed by atoms with Crippen LogP contribution >= 0.6 is 0 Å². The molecule has 0 unspecified atom stereocenters. The smallest absolute Gasteiger partial charge is 0.246 e. The second-order valence-electron chi connectivity index (χ2n) is 7.59. The van der Waals surface area contributed by atoms with Gasteiger partial charge in [0.25, 0.3) is 0 Å². The van der Waals surface area contributed by atoms with Crippen LogP contribution in [0.15, 0.2) is 0 Å². The van der Waals surface area contributed by atoms with Crippen molar-refractivity contribution >= 4 is 11.8 Å². The molecular weight excluding hydrogens is 308 g/mol. The standard InChI is InChI=1S/C18H30N2O4/c21-17(11-23-9-13-4-5-13)19-8-15-2-1-3-16(15)20-18(22)12-24-10-14-6-7-14/h13-16H,1-12H2,(H,19,21)(H,20,22)/t15-,16-/m1/s1. The van der Waals surface area contributed by atoms with Crippen molar-refractivity contribution < 1.29 is 19.1 Å². The van der Waals surface area contributed by atoms with Gasteiger partial charge in [0, 0.05) is 12.6 Å². The molecule has 2 N–H and O–H groups in total. The maximum Gasteiger partial charge on any atom is 0.246 e. The fourth-order valence-electron chi connectivity index (χ4n) is 3.22. The van der Waals surface area contributed by atoms with Crippen LogP contribution in [0.25, 0.3) is 0 Å². The number of hydrogen-bond donors (Lipinski definition) is 2. The minimum absolute atomic E-state index is 0.0355. The van der Waals surface area contributed by atoms with Gasteiger partial charge in [0.05, 0.1) is 13.2 Å². The average molecular weight is 338 g/mol. The quantitative estimate of drug-likeness (QED) is 0.594. The zero-order valence-electron chi connectivity index (χ0n) is 14.4. The largest absolute Gasteiger partial charge is 0.371 e. The Hall–Kier alpha value is -1.14. The molecule has 2 amide bonds. The van der Waals surface area contributed by atoms with Gasteiger partial charge in [-0.25, -0.2) is 0 Å². The van der Waals surface area contributed by atoms with Gasteiger partial charge in [0.15, 0.2) is 0 Å². The molecule has 0 heterocycles. The molecule has 6 heteroatoms. The first-order valence-electron chi connectivity index (χ1n) is 9.42. The molecular formula is C18H30N2O4. The number of amides is 2. The Kier molecular flexibility index (Phi) is 6.49. The third-order valence-electron chi connectivity index (χ3n) is 5.13. The number of nitrogens with one attached hydrogen (secondary N) is 2. The molecule has 0 aromatic rings. The van der Waals surface area contributed by atoms with Crippen LogP contribution in [0.1, 0.15) is 44.9 Å². The van der Waals surface area contributed by atoms with E-state index in [4.69, 9.17) is 9.47 Å². The number of rotatable bonds is 11. The van der Waals surface area contributed by atoms with Gasteiger partial charge >= 0.3 is 0 Å². The Morgan fingerprint density at radius 3 is 2.08 bits per heavy atom. The van der Waals surface area contributed by atoms with E-state index in [0.29, 0.717) is 37.5 Å². The molecule has 3 rings (SSSR count). The van der Waals surface area contributed by atoms with Crippen molar-refractivity contribution in [2.75, 3.05) is 33.0 Å². The molecule has 2 atom stereocenters. The predicted molar refractivity (Wildman–Crippen MR) is 89.4 cm³/mol. The number of carbonyl (C=O) groups excluding carboxylic acids is 2. The zero-order valence-corrected chi connectivity index (χ0v) is 14.4. The summed E-state index contributed by atoms with van der Waals surface area (Å²) in [5.41, 5.74) is 0. The third-order valence-corrected chi connectivity index (χ3v) is 5.13. The molecule has 3 aliphatic rings. The minimum Gasteiger partial charge on any atom is -0.371 e. The number of ether oxygens (including phenoxy) is 2. The molecule has 0 saturated heterocycles. The van der Waals surface area contributed by atoms with Crippen molar-refractivity contribution in [1.29, 1.82) is 0 Å². The molecule has 3 fully saturated rings. The summed E-state index contributed by atoms with van der Waals surface area (Å²) in [5.74, 6) is 1.57. The van der Waals surface area contributed by atoms with E-state index in [1.807, 2.05) is 0 Å². The molecule has 0 bridgehead atoms. The fraction of sp³-hybridized carbons (Fsp3) is 0.889. The highest BCUT2D eigenvalue weighted by molar-refractivity contribution is 5.78. The van der Waals surface area contributed by atoms with E-state index >= 15 is 0 Å². The van der Waals surface area contributed by atoms with Crippen LogP contribution in [0.4, 0.5) is 0 Å². The minimum atomic E-state index is -0.0552. The first-order valence-corrected chi connectivity index (χ1v) is 9.42. The highest BCUT2D eigenvalue weighted by Crippen LogP contribution is 2.29. The van der Waals surface area contributed by atoms with Gasteiger partial charge < -0.3 is 20.1 Å². The Morgan fingerprint density at radius 1 is 0.833 bits per heavy atom. The van der Waals surface area contributed by atoms with E-state index in [1.54, 1.807) is 0 Å². The summed E-state index contributed by atoms with van der Waals surface area (Å²) in [6.07, 6.45) is 8.04. The number of hydrogen-bond acceptors (Lipinski definition) is 4. The molecule has 136 valence electrons. The molecule has 0 radical (unpaired) electrons. The lowest BCUT2D eigenvalue weighted by atomic mass is 10.0. The molecule has 6 nitrogen and oxygen atoms in total. The van der Waals surface area contributed by atoms with Gasteiger partial charge in [0.1, 0.15) is 13.2 Å². The fourth-order valence-corrected chi connectivity index (χ4v) is 3.22. The average Bonchev–Trinajstić information content (AvgIpc) is 3.47. The Morgan fingerprint density at radius 2 is 1.46 bits per heavy atom. The Balaban J connectivity index is 1.27. The van der Waals surface area contributed by atoms with Gasteiger partial charge in [-0.05, 0) is 56.3 Å². The molecule has 0 aromatic heterocycles. The Bertz CT molecular complexity index is 435. The molecule has 24 heavy (non-hydrogen) atoms. The van der Waals surface area contributed by atoms with Crippen LogP contribution in [0, 0.1) is 17.8 Å². The summed E-state index contributed by atoms with van der Waals surface area (Å²) >= 11 is 0. The van der Waals surface area contributed by atoms with Crippen LogP contribution in [-0.4, -0.2) is 50.8 Å². The second kappa shape index (κ2) is 8.81. The lowest BCUT2D eigenvalue weighted by Gasteiger charge is -2.21. The Labute approximate surface area is 144 Å². The molecule has 0 aliphatic heterocycles. The van der Waals surface area contributed by atoms with Gasteiger partial charge in [-0.1, -0.05) is 6.42 Å². The van der Waals surface area contributed by atoms with E-state index in [1.165, 1.54) is 25.7 Å². The van der Waals surface area contributed by atoms with Crippen LogP contribution in [0.3, 0.4) is 0 Å². The summed E-state index contributed by atoms with van der Waals surface area (Å²) < 4.78 is 10.8. The molecule has 3 saturated carbocycles. The third kappa shape index (κ3) is 6.40. The van der Waals surface area contributed by atoms with Crippen LogP contribution in [0.5, 0.6) is 0 Å². The summed E-state index contributed by atoms with van der Waals surface area (Å²) in [6, 6.07) is 0.148. The lowest BCUT2D eigenvalue weighted by molar-refractivity contribution is -0.126. The topological polar surface area (TPSA) is 76.7 Å². The summed E-state index contributed by atoms with van der Waals surface area (Å²) in [7, 11) is 0. The summed E-state index contributed by atoms with van der Waals surface area (Å²) in [6.45, 7) is 2.32. The molecule has 0 aromatic carbocycles. The first-order chi connectivity index (χ1) is 11.7. The van der Waals surface area contributed by atoms with Crippen molar-refractivity contribution in [3.63, 3.8) is 0 Å². The van der Waals surface area contributed by atoms with Crippen LogP contribution in [-0.2, 0) is 19.1 Å². The summed E-state index contributed by atoms with van der Waals surface area (Å²) in [5, 5.41) is 6.01. The lowest BCUT2D eigenvalue weighted by Crippen LogP contribution is -2.43. The predicted octanol–water partition coefficient (Wildman–Crippen LogP) is 1.24. The SMILES string of the molecule is O=C(COCC1CC1)NC[C@H]1CCC[C@H]1NC(=O)COCC1CC1. The molecule has 0 spiro atoms. The van der Waals surface area contributed by atoms with Crippen molar-refractivity contribution in [2.45, 2.75) is 51.0 Å². The first kappa shape index (κ1) is 17.7. The van der Waals surface area contributed by atoms with E-state index in [2.05, 4.69) is 10.6 Å². The van der Waals surface area contributed by atoms with Crippen molar-refractivity contribution in [1.82, 2.24) is 10.6 Å². The number of carbonyl (C=O) groups is 2. The highest BCUT2D eigenvalue weighted by Gasteiger charge is 2.29. The van der Waals surface area contributed by atoms with Crippen LogP contribution < -0.4 is 10.6 Å². The van der Waals surface area contributed by atoms with Crippen molar-refractivity contribution in [3.8, 4) is 0 Å². The maximum atomic E-state index is 12.0.